The maximum absolute atomic E-state index is 14.6. The van der Waals surface area contributed by atoms with Crippen LogP contribution in [0.15, 0.2) is 30.5 Å². The maximum atomic E-state index is 14.6. The number of nitrogens with zero attached hydrogens (tertiary/aromatic N) is 2. The molecule has 204 valence electrons. The van der Waals surface area contributed by atoms with Gasteiger partial charge in [0, 0.05) is 24.9 Å². The van der Waals surface area contributed by atoms with Gasteiger partial charge in [0.05, 0.1) is 30.2 Å². The average Bonchev–Trinajstić information content (AvgIpc) is 3.28. The van der Waals surface area contributed by atoms with Crippen molar-refractivity contribution in [2.45, 2.75) is 31.9 Å². The fourth-order valence-corrected chi connectivity index (χ4v) is 3.93. The summed E-state index contributed by atoms with van der Waals surface area (Å²) in [6.07, 6.45) is -4.35. The fourth-order valence-electron chi connectivity index (χ4n) is 3.93. The van der Waals surface area contributed by atoms with Crippen molar-refractivity contribution in [2.75, 3.05) is 30.8 Å². The Morgan fingerprint density at radius 1 is 1.26 bits per heavy atom. The van der Waals surface area contributed by atoms with Crippen LogP contribution in [0.5, 0.6) is 5.75 Å². The van der Waals surface area contributed by atoms with Crippen LogP contribution in [0.1, 0.15) is 17.7 Å². The number of primary amides is 1. The molecule has 0 bridgehead atoms. The smallest absolute Gasteiger partial charge is 0.403 e. The van der Waals surface area contributed by atoms with Gasteiger partial charge in [-0.1, -0.05) is 6.07 Å². The van der Waals surface area contributed by atoms with E-state index in [9.17, 15) is 31.9 Å². The zero-order valence-electron chi connectivity index (χ0n) is 20.2. The number of carbonyl (C=O) groups excluding carboxylic acids is 3. The number of hydrogen-bond donors (Lipinski definition) is 4. The monoisotopic (exact) mass is 540 g/mol. The lowest BCUT2D eigenvalue weighted by molar-refractivity contribution is -0.275. The van der Waals surface area contributed by atoms with Crippen LogP contribution in [0.4, 0.5) is 28.9 Å². The first-order chi connectivity index (χ1) is 17.8. The van der Waals surface area contributed by atoms with Crippen molar-refractivity contribution >= 4 is 34.8 Å². The van der Waals surface area contributed by atoms with Gasteiger partial charge in [-0.3, -0.25) is 24.8 Å². The van der Waals surface area contributed by atoms with Crippen LogP contribution < -0.4 is 21.1 Å². The highest BCUT2D eigenvalue weighted by molar-refractivity contribution is 6.44. The molecule has 2 atom stereocenters. The summed E-state index contributed by atoms with van der Waals surface area (Å²) in [5.74, 6) is -5.04. The largest absolute Gasteiger partial charge is 0.573 e. The minimum atomic E-state index is -5.14. The van der Waals surface area contributed by atoms with Crippen LogP contribution in [0, 0.1) is 18.2 Å². The second-order valence-electron chi connectivity index (χ2n) is 8.21. The molecule has 2 heterocycles. The number of alkyl halides is 3. The predicted octanol–water partition coefficient (Wildman–Crippen LogP) is 1.95. The van der Waals surface area contributed by atoms with Gasteiger partial charge in [0.2, 0.25) is 11.8 Å². The second-order valence-corrected chi connectivity index (χ2v) is 8.21. The molecule has 0 saturated carbocycles. The number of amides is 3. The number of rotatable bonds is 9. The third-order valence-corrected chi connectivity index (χ3v) is 5.67. The first-order valence-electron chi connectivity index (χ1n) is 11.1. The highest BCUT2D eigenvalue weighted by atomic mass is 19.4. The minimum Gasteiger partial charge on any atom is -0.403 e. The molecule has 38 heavy (non-hydrogen) atoms. The molecule has 0 unspecified atom stereocenters. The summed E-state index contributed by atoms with van der Waals surface area (Å²) in [5.41, 5.74) is 4.93. The van der Waals surface area contributed by atoms with E-state index in [-0.39, 0.29) is 30.8 Å². The van der Waals surface area contributed by atoms with Gasteiger partial charge in [-0.2, -0.15) is 0 Å². The Balaban J connectivity index is 1.77. The quantitative estimate of drug-likeness (QED) is 0.279. The van der Waals surface area contributed by atoms with E-state index >= 15 is 0 Å². The second kappa shape index (κ2) is 11.4. The molecule has 1 aliphatic rings. The number of anilines is 2. The molecule has 0 aliphatic carbocycles. The molecular weight excluding hydrogens is 516 g/mol. The number of pyridine rings is 1. The topological polar surface area (TPSA) is 160 Å². The number of halogens is 4. The number of carbonyl (C=O) groups is 3. The molecule has 15 heteroatoms. The van der Waals surface area contributed by atoms with Gasteiger partial charge >= 0.3 is 6.36 Å². The van der Waals surface area contributed by atoms with Crippen LogP contribution in [-0.4, -0.2) is 72.0 Å². The Hall–Kier alpha value is -4.27. The molecule has 0 radical (unpaired) electrons. The van der Waals surface area contributed by atoms with E-state index in [4.69, 9.17) is 15.9 Å². The summed E-state index contributed by atoms with van der Waals surface area (Å²) in [6.45, 7) is 1.35. The third-order valence-electron chi connectivity index (χ3n) is 5.67. The van der Waals surface area contributed by atoms with E-state index in [1.807, 2.05) is 0 Å². The van der Waals surface area contributed by atoms with Crippen LogP contribution in [0.3, 0.4) is 0 Å². The highest BCUT2D eigenvalue weighted by Gasteiger charge is 2.42. The summed E-state index contributed by atoms with van der Waals surface area (Å²) >= 11 is 0. The number of hydrogen-bond acceptors (Lipinski definition) is 8. The van der Waals surface area contributed by atoms with Gasteiger partial charge in [0.15, 0.2) is 11.6 Å². The molecule has 1 saturated heterocycles. The van der Waals surface area contributed by atoms with Gasteiger partial charge in [-0.25, -0.2) is 4.39 Å². The molecule has 11 nitrogen and oxygen atoms in total. The number of benzene rings is 1. The lowest BCUT2D eigenvalue weighted by Gasteiger charge is -2.27. The van der Waals surface area contributed by atoms with Crippen LogP contribution in [0.2, 0.25) is 0 Å². The van der Waals surface area contributed by atoms with Crippen molar-refractivity contribution < 1.29 is 41.4 Å². The number of likely N-dealkylation sites (tertiary alicyclic amines) is 1. The van der Waals surface area contributed by atoms with Crippen molar-refractivity contribution in [1.29, 1.82) is 5.41 Å². The Kier molecular flexibility index (Phi) is 8.50. The Morgan fingerprint density at radius 3 is 2.61 bits per heavy atom. The van der Waals surface area contributed by atoms with Crippen molar-refractivity contribution in [3.8, 4) is 5.75 Å². The van der Waals surface area contributed by atoms with Crippen LogP contribution >= 0.6 is 0 Å². The van der Waals surface area contributed by atoms with Crippen molar-refractivity contribution in [3.63, 3.8) is 0 Å². The van der Waals surface area contributed by atoms with Crippen molar-refractivity contribution in [3.05, 3.63) is 47.5 Å². The van der Waals surface area contributed by atoms with E-state index in [2.05, 4.69) is 20.4 Å². The van der Waals surface area contributed by atoms with Gasteiger partial charge in [0.25, 0.3) is 5.91 Å². The predicted molar refractivity (Wildman–Crippen MR) is 126 cm³/mol. The van der Waals surface area contributed by atoms with E-state index in [1.165, 1.54) is 24.3 Å². The first kappa shape index (κ1) is 28.3. The molecule has 1 fully saturated rings. The molecule has 3 rings (SSSR count). The summed E-state index contributed by atoms with van der Waals surface area (Å²) in [4.78, 5) is 42.8. The van der Waals surface area contributed by atoms with Gasteiger partial charge in [-0.05, 0) is 31.5 Å². The summed E-state index contributed by atoms with van der Waals surface area (Å²) < 4.78 is 61.1. The maximum Gasteiger partial charge on any atom is 0.573 e. The number of nitrogens with two attached hydrogens (primary N) is 1. The summed E-state index contributed by atoms with van der Waals surface area (Å²) in [6, 6.07) is 3.06. The summed E-state index contributed by atoms with van der Waals surface area (Å²) in [7, 11) is 1.31. The van der Waals surface area contributed by atoms with E-state index in [0.717, 1.165) is 18.2 Å². The van der Waals surface area contributed by atoms with E-state index < -0.39 is 59.2 Å². The van der Waals surface area contributed by atoms with Crippen LogP contribution in [-0.2, 0) is 19.1 Å². The molecule has 5 N–H and O–H groups in total. The van der Waals surface area contributed by atoms with E-state index in [1.54, 1.807) is 6.92 Å². The molecule has 0 spiro atoms. The third kappa shape index (κ3) is 6.53. The number of aryl methyl sites for hydroxylation is 1. The molecule has 2 aromatic rings. The Bertz CT molecular complexity index is 1260. The Morgan fingerprint density at radius 2 is 1.97 bits per heavy atom. The summed E-state index contributed by atoms with van der Waals surface area (Å²) in [5, 5.41) is 12.9. The number of methoxy groups -OCH3 is 1. The average molecular weight is 540 g/mol. The zero-order chi connectivity index (χ0) is 28.2. The zero-order valence-corrected chi connectivity index (χ0v) is 20.2. The van der Waals surface area contributed by atoms with Crippen molar-refractivity contribution in [1.82, 2.24) is 9.88 Å². The van der Waals surface area contributed by atoms with Gasteiger partial charge < -0.3 is 30.7 Å². The first-order valence-corrected chi connectivity index (χ1v) is 11.1. The molecule has 1 aromatic heterocycles. The fraction of sp³-hybridized carbons (Fsp3) is 0.348. The van der Waals surface area contributed by atoms with Gasteiger partial charge in [-0.15, -0.1) is 13.2 Å². The number of aromatic nitrogens is 1. The standard InChI is InChI=1S/C23H24F4N6O5/c1-11-8-12(19(28)21(29)35)14(9-30-11)31-10-17(34)33-7-6-16(37-2)20(33)22(36)32-13-4-3-5-15(18(13)24)38-23(25,26)27/h3-5,8-9,16,20,28,31H,6-7,10H2,1-2H3,(H2,29,35)(H,32,36)/t16-,20+/m1/s1. The van der Waals surface area contributed by atoms with Crippen LogP contribution in [0.25, 0.3) is 0 Å². The van der Waals surface area contributed by atoms with Crippen molar-refractivity contribution in [2.24, 2.45) is 5.73 Å². The lowest BCUT2D eigenvalue weighted by Crippen LogP contribution is -2.49. The molecule has 1 aliphatic heterocycles. The lowest BCUT2D eigenvalue weighted by atomic mass is 10.1. The SMILES string of the molecule is CO[C@@H]1CCN(C(=O)CNc2cnc(C)cc2C(=N)C(N)=O)[C@@H]1C(=O)Nc1cccc(OC(F)(F)F)c1F. The normalized spacial score (nSPS) is 17.2. The van der Waals surface area contributed by atoms with E-state index in [0.29, 0.717) is 5.69 Å². The molecule has 1 aromatic carbocycles. The highest BCUT2D eigenvalue weighted by Crippen LogP contribution is 2.30. The van der Waals surface area contributed by atoms with Gasteiger partial charge in [0.1, 0.15) is 11.8 Å². The molecular formula is C23H24F4N6O5. The number of nitrogens with one attached hydrogen (secondary N) is 3. The minimum absolute atomic E-state index is 0.0902. The molecule has 3 amide bonds. The Labute approximate surface area is 213 Å². The number of ether oxygens (including phenoxy) is 2.